The summed E-state index contributed by atoms with van der Waals surface area (Å²) in [6.45, 7) is 6.51. The fraction of sp³-hybridized carbons (Fsp3) is 0.500. The molecule has 1 aliphatic heterocycles. The van der Waals surface area contributed by atoms with E-state index in [0.29, 0.717) is 30.9 Å². The highest BCUT2D eigenvalue weighted by atomic mass is 16.5. The van der Waals surface area contributed by atoms with Crippen LogP contribution in [0.5, 0.6) is 5.75 Å². The Labute approximate surface area is 215 Å². The summed E-state index contributed by atoms with van der Waals surface area (Å²) in [6.07, 6.45) is 7.14. The highest BCUT2D eigenvalue weighted by Gasteiger charge is 2.36. The van der Waals surface area contributed by atoms with Crippen LogP contribution in [0.15, 0.2) is 36.4 Å². The lowest BCUT2D eigenvalue weighted by Crippen LogP contribution is -2.51. The van der Waals surface area contributed by atoms with E-state index in [2.05, 4.69) is 31.2 Å². The molecule has 1 heterocycles. The van der Waals surface area contributed by atoms with Crippen molar-refractivity contribution in [3.05, 3.63) is 64.2 Å². The number of carbonyl (C=O) groups excluding carboxylic acids is 3. The van der Waals surface area contributed by atoms with Gasteiger partial charge in [-0.2, -0.15) is 0 Å². The number of ether oxygens (including phenoxy) is 2. The minimum absolute atomic E-state index is 0.319. The zero-order valence-corrected chi connectivity index (χ0v) is 22.1. The number of methoxy groups -OCH3 is 1. The number of ketones is 1. The molecule has 2 aromatic rings. The average Bonchev–Trinajstić information content (AvgIpc) is 2.88. The second kappa shape index (κ2) is 13.2. The number of hydrogen-bond acceptors (Lipinski definition) is 5. The summed E-state index contributed by atoms with van der Waals surface area (Å²) in [5.41, 5.74) is 4.53. The van der Waals surface area contributed by atoms with E-state index < -0.39 is 23.7 Å². The number of aryl methyl sites for hydroxylation is 4. The molecule has 1 saturated heterocycles. The second-order valence-electron chi connectivity index (χ2n) is 9.80. The molecule has 1 atom stereocenters. The largest absolute Gasteiger partial charge is 0.496 e. The van der Waals surface area contributed by atoms with Crippen LogP contribution in [0.25, 0.3) is 0 Å². The van der Waals surface area contributed by atoms with E-state index in [1.807, 2.05) is 13.8 Å². The quantitative estimate of drug-likeness (QED) is 0.178. The van der Waals surface area contributed by atoms with Gasteiger partial charge in [-0.25, -0.2) is 4.79 Å². The molecule has 0 aromatic heterocycles. The third kappa shape index (κ3) is 7.19. The maximum atomic E-state index is 13.1. The fourth-order valence-corrected chi connectivity index (χ4v) is 4.89. The molecular formula is C30H39NO5. The molecule has 0 radical (unpaired) electrons. The Bertz CT molecular complexity index is 1040. The molecular weight excluding hydrogens is 454 g/mol. The highest BCUT2D eigenvalue weighted by molar-refractivity contribution is 6.43. The number of unbranched alkanes of at least 4 members (excludes halogenated alkanes) is 3. The molecule has 0 aliphatic carbocycles. The standard InChI is InChI=1S/C30H39NO5/c1-21-13-15-24(16-14-21)11-7-5-6-10-18-36-30(34)26-12-8-9-17-31(26)29(33)27(32)25-19-22(2)28(35-4)23(3)20-25/h13-16,19-20,26H,5-12,17-18H2,1-4H3. The Morgan fingerprint density at radius 1 is 0.917 bits per heavy atom. The molecule has 1 aliphatic rings. The van der Waals surface area contributed by atoms with Crippen LogP contribution < -0.4 is 4.74 Å². The van der Waals surface area contributed by atoms with Gasteiger partial charge < -0.3 is 14.4 Å². The van der Waals surface area contributed by atoms with E-state index in [1.165, 1.54) is 16.0 Å². The Morgan fingerprint density at radius 2 is 1.58 bits per heavy atom. The van der Waals surface area contributed by atoms with Gasteiger partial charge in [0.05, 0.1) is 13.7 Å². The number of piperidine rings is 1. The van der Waals surface area contributed by atoms with E-state index in [0.717, 1.165) is 56.1 Å². The van der Waals surface area contributed by atoms with Crippen molar-refractivity contribution in [3.8, 4) is 5.75 Å². The van der Waals surface area contributed by atoms with Crippen molar-refractivity contribution >= 4 is 17.7 Å². The number of carbonyl (C=O) groups is 3. The summed E-state index contributed by atoms with van der Waals surface area (Å²) in [4.78, 5) is 40.4. The molecule has 194 valence electrons. The smallest absolute Gasteiger partial charge is 0.328 e. The van der Waals surface area contributed by atoms with Crippen molar-refractivity contribution in [2.75, 3.05) is 20.3 Å². The summed E-state index contributed by atoms with van der Waals surface area (Å²) in [7, 11) is 1.58. The summed E-state index contributed by atoms with van der Waals surface area (Å²) < 4.78 is 10.9. The third-order valence-electron chi connectivity index (χ3n) is 6.88. The highest BCUT2D eigenvalue weighted by Crippen LogP contribution is 2.26. The number of hydrogen-bond donors (Lipinski definition) is 0. The van der Waals surface area contributed by atoms with Crippen molar-refractivity contribution in [1.82, 2.24) is 4.90 Å². The number of amides is 1. The van der Waals surface area contributed by atoms with Gasteiger partial charge in [-0.05, 0) is 88.1 Å². The normalized spacial score (nSPS) is 15.4. The van der Waals surface area contributed by atoms with E-state index in [1.54, 1.807) is 19.2 Å². The summed E-state index contributed by atoms with van der Waals surface area (Å²) >= 11 is 0. The van der Waals surface area contributed by atoms with E-state index in [4.69, 9.17) is 9.47 Å². The minimum atomic E-state index is -0.697. The van der Waals surface area contributed by atoms with Gasteiger partial charge in [0, 0.05) is 12.1 Å². The van der Waals surface area contributed by atoms with E-state index in [9.17, 15) is 14.4 Å². The zero-order valence-electron chi connectivity index (χ0n) is 22.1. The molecule has 0 saturated carbocycles. The van der Waals surface area contributed by atoms with Gasteiger partial charge in [-0.1, -0.05) is 42.7 Å². The molecule has 3 rings (SSSR count). The first-order valence-corrected chi connectivity index (χ1v) is 13.0. The van der Waals surface area contributed by atoms with E-state index >= 15 is 0 Å². The molecule has 6 heteroatoms. The lowest BCUT2D eigenvalue weighted by Gasteiger charge is -2.33. The van der Waals surface area contributed by atoms with Gasteiger partial charge in [0.25, 0.3) is 5.91 Å². The van der Waals surface area contributed by atoms with Crippen LogP contribution in [0, 0.1) is 20.8 Å². The number of nitrogens with zero attached hydrogens (tertiary/aromatic N) is 1. The van der Waals surface area contributed by atoms with Gasteiger partial charge in [-0.3, -0.25) is 9.59 Å². The average molecular weight is 494 g/mol. The van der Waals surface area contributed by atoms with Crippen LogP contribution in [0.2, 0.25) is 0 Å². The van der Waals surface area contributed by atoms with Gasteiger partial charge in [0.1, 0.15) is 11.8 Å². The molecule has 36 heavy (non-hydrogen) atoms. The van der Waals surface area contributed by atoms with Crippen LogP contribution in [0.4, 0.5) is 0 Å². The maximum Gasteiger partial charge on any atom is 0.328 e. The van der Waals surface area contributed by atoms with Crippen molar-refractivity contribution in [2.24, 2.45) is 0 Å². The van der Waals surface area contributed by atoms with Gasteiger partial charge in [0.2, 0.25) is 5.78 Å². The molecule has 0 bridgehead atoms. The van der Waals surface area contributed by atoms with Crippen LogP contribution in [-0.2, 0) is 20.7 Å². The van der Waals surface area contributed by atoms with Gasteiger partial charge >= 0.3 is 5.97 Å². The maximum absolute atomic E-state index is 13.1. The number of likely N-dealkylation sites (tertiary alicyclic amines) is 1. The van der Waals surface area contributed by atoms with Gasteiger partial charge in [-0.15, -0.1) is 0 Å². The summed E-state index contributed by atoms with van der Waals surface area (Å²) in [5, 5.41) is 0. The van der Waals surface area contributed by atoms with Crippen molar-refractivity contribution < 1.29 is 23.9 Å². The number of Topliss-reactive ketones (excluding diaryl/α,β-unsaturated/α-hetero) is 1. The first-order valence-electron chi connectivity index (χ1n) is 13.0. The molecule has 1 amide bonds. The van der Waals surface area contributed by atoms with Crippen LogP contribution in [0.3, 0.4) is 0 Å². The molecule has 2 aromatic carbocycles. The lowest BCUT2D eigenvalue weighted by molar-refractivity contribution is -0.155. The second-order valence-corrected chi connectivity index (χ2v) is 9.80. The minimum Gasteiger partial charge on any atom is -0.496 e. The van der Waals surface area contributed by atoms with Crippen molar-refractivity contribution in [1.29, 1.82) is 0 Å². The Balaban J connectivity index is 1.47. The van der Waals surface area contributed by atoms with Crippen LogP contribution in [-0.4, -0.2) is 48.9 Å². The molecule has 0 spiro atoms. The topological polar surface area (TPSA) is 72.9 Å². The summed E-state index contributed by atoms with van der Waals surface area (Å²) in [6, 6.07) is 11.3. The van der Waals surface area contributed by atoms with Gasteiger partial charge in [0.15, 0.2) is 0 Å². The number of rotatable bonds is 11. The lowest BCUT2D eigenvalue weighted by atomic mass is 9.98. The monoisotopic (exact) mass is 493 g/mol. The van der Waals surface area contributed by atoms with E-state index in [-0.39, 0.29) is 0 Å². The fourth-order valence-electron chi connectivity index (χ4n) is 4.89. The van der Waals surface area contributed by atoms with Crippen molar-refractivity contribution in [3.63, 3.8) is 0 Å². The molecule has 1 unspecified atom stereocenters. The number of benzene rings is 2. The predicted octanol–water partition coefficient (Wildman–Crippen LogP) is 5.53. The first kappa shape index (κ1) is 27.4. The molecule has 1 fully saturated rings. The Morgan fingerprint density at radius 3 is 2.25 bits per heavy atom. The third-order valence-corrected chi connectivity index (χ3v) is 6.88. The predicted molar refractivity (Wildman–Crippen MR) is 140 cm³/mol. The molecule has 6 nitrogen and oxygen atoms in total. The first-order chi connectivity index (χ1) is 17.3. The SMILES string of the molecule is COc1c(C)cc(C(=O)C(=O)N2CCCCC2C(=O)OCCCCCCc2ccc(C)cc2)cc1C. The Hall–Kier alpha value is -3.15. The zero-order chi connectivity index (χ0) is 26.1. The van der Waals surface area contributed by atoms with Crippen LogP contribution in [0.1, 0.15) is 77.6 Å². The molecule has 0 N–H and O–H groups in total. The Kier molecular flexibility index (Phi) is 10.1. The number of esters is 1. The summed E-state index contributed by atoms with van der Waals surface area (Å²) in [5.74, 6) is -0.944. The van der Waals surface area contributed by atoms with Crippen molar-refractivity contribution in [2.45, 2.75) is 78.2 Å². The van der Waals surface area contributed by atoms with Crippen LogP contribution >= 0.6 is 0 Å².